The fourth-order valence-corrected chi connectivity index (χ4v) is 12.1. The summed E-state index contributed by atoms with van der Waals surface area (Å²) in [5.41, 5.74) is 24.1. The highest BCUT2D eigenvalue weighted by Crippen LogP contribution is 2.54. The number of aromatic nitrogens is 4. The number of hydrogen-bond acceptors (Lipinski definition) is 6. The van der Waals surface area contributed by atoms with Crippen LogP contribution in [0.4, 0.5) is 34.4 Å². The maximum absolute atomic E-state index is 4.73. The summed E-state index contributed by atoms with van der Waals surface area (Å²) in [7, 11) is 0. The van der Waals surface area contributed by atoms with E-state index in [-0.39, 0.29) is 16.2 Å². The third-order valence-electron chi connectivity index (χ3n) is 16.1. The first kappa shape index (κ1) is 45.8. The largest absolute Gasteiger partial charge is 0.293 e. The average Bonchev–Trinajstić information content (AvgIpc) is 4.05. The summed E-state index contributed by atoms with van der Waals surface area (Å²) >= 11 is 0. The summed E-state index contributed by atoms with van der Waals surface area (Å²) in [6.07, 6.45) is 20.2. The fourth-order valence-electron chi connectivity index (χ4n) is 12.1. The molecule has 362 valence electrons. The van der Waals surface area contributed by atoms with Crippen LogP contribution in [0, 0.1) is 0 Å². The SMILES string of the molecule is CC1(C)c2cc(C=Cc3ccc4c(c3)C(C)(C)c3cc(N(c5cccnc5)c5ccccn5)ccc3-4)ccc2-c2ccc(C=Cc3ccc4c(c3)C(C)(C)c3cc(N(c5cccnc5)c5ccccn5)ccc3-4)cc21. The zero-order valence-corrected chi connectivity index (χ0v) is 43.1. The molecule has 0 fully saturated rings. The third-order valence-corrected chi connectivity index (χ3v) is 16.1. The molecular weight excluding hydrogens is 913 g/mol. The molecule has 10 aromatic rings. The van der Waals surface area contributed by atoms with Gasteiger partial charge >= 0.3 is 0 Å². The highest BCUT2D eigenvalue weighted by Gasteiger charge is 2.39. The van der Waals surface area contributed by atoms with Crippen molar-refractivity contribution >= 4 is 58.7 Å². The third kappa shape index (κ3) is 7.70. The molecule has 6 heteroatoms. The second kappa shape index (κ2) is 17.6. The molecule has 0 saturated carbocycles. The topological polar surface area (TPSA) is 58.0 Å². The average molecular weight is 969 g/mol. The van der Waals surface area contributed by atoms with Crippen LogP contribution in [-0.4, -0.2) is 19.9 Å². The maximum atomic E-state index is 4.73. The van der Waals surface area contributed by atoms with Crippen LogP contribution >= 0.6 is 0 Å². The maximum Gasteiger partial charge on any atom is 0.137 e. The molecule has 6 aromatic carbocycles. The Labute approximate surface area is 440 Å². The molecule has 0 unspecified atom stereocenters. The minimum atomic E-state index is -0.200. The van der Waals surface area contributed by atoms with Gasteiger partial charge in [0.1, 0.15) is 11.6 Å². The summed E-state index contributed by atoms with van der Waals surface area (Å²) in [6.45, 7) is 14.1. The van der Waals surface area contributed by atoms with Crippen molar-refractivity contribution < 1.29 is 0 Å². The summed E-state index contributed by atoms with van der Waals surface area (Å²) in [4.78, 5) is 22.7. The minimum Gasteiger partial charge on any atom is -0.293 e. The monoisotopic (exact) mass is 968 g/mol. The smallest absolute Gasteiger partial charge is 0.137 e. The molecule has 0 aliphatic heterocycles. The van der Waals surface area contributed by atoms with E-state index in [0.717, 1.165) is 34.4 Å². The lowest BCUT2D eigenvalue weighted by molar-refractivity contribution is 0.660. The number of anilines is 6. The van der Waals surface area contributed by atoms with E-state index in [0.29, 0.717) is 0 Å². The normalized spacial score (nSPS) is 14.7. The van der Waals surface area contributed by atoms with Gasteiger partial charge in [-0.3, -0.25) is 19.8 Å². The first-order valence-electron chi connectivity index (χ1n) is 25.9. The molecule has 0 bridgehead atoms. The van der Waals surface area contributed by atoms with Gasteiger partial charge in [0.05, 0.1) is 23.8 Å². The molecule has 0 spiro atoms. The van der Waals surface area contributed by atoms with Gasteiger partial charge in [0.15, 0.2) is 0 Å². The van der Waals surface area contributed by atoms with Gasteiger partial charge in [0.2, 0.25) is 0 Å². The molecular formula is C69H56N6. The van der Waals surface area contributed by atoms with Gasteiger partial charge in [-0.2, -0.15) is 0 Å². The Morgan fingerprint density at radius 3 is 0.920 bits per heavy atom. The molecule has 4 aromatic heterocycles. The standard InChI is InChI=1S/C69H56N6/c1-67(2)59-37-45(17-19-47-23-29-55-57-31-25-49(41-63(57)68(3,4)61(55)39-47)74(51-13-11-33-70-43-51)65-15-7-9-35-72-65)21-27-53(59)54-28-22-46(38-60(54)67)18-20-48-24-30-56-58-32-26-50(42-64(58)69(5,6)62(56)40-48)75(52-14-12-34-71-44-52)66-16-8-10-36-73-66/h7-44H,1-6H3. The Bertz CT molecular complexity index is 3580. The molecule has 4 heterocycles. The van der Waals surface area contributed by atoms with Crippen molar-refractivity contribution in [3.8, 4) is 33.4 Å². The molecule has 3 aliphatic rings. The van der Waals surface area contributed by atoms with E-state index in [2.05, 4.69) is 207 Å². The van der Waals surface area contributed by atoms with Gasteiger partial charge in [0.25, 0.3) is 0 Å². The van der Waals surface area contributed by atoms with Crippen LogP contribution in [0.2, 0.25) is 0 Å². The molecule has 6 nitrogen and oxygen atoms in total. The van der Waals surface area contributed by atoms with Crippen LogP contribution in [0.3, 0.4) is 0 Å². The lowest BCUT2D eigenvalue weighted by Crippen LogP contribution is -2.17. The number of benzene rings is 6. The van der Waals surface area contributed by atoms with Crippen molar-refractivity contribution in [3.63, 3.8) is 0 Å². The highest BCUT2D eigenvalue weighted by molar-refractivity contribution is 5.90. The van der Waals surface area contributed by atoms with Gasteiger partial charge in [-0.05, 0) is 162 Å². The second-order valence-electron chi connectivity index (χ2n) is 21.7. The molecule has 13 rings (SSSR count). The molecule has 0 radical (unpaired) electrons. The van der Waals surface area contributed by atoms with Crippen LogP contribution in [0.15, 0.2) is 207 Å². The van der Waals surface area contributed by atoms with E-state index in [9.17, 15) is 0 Å². The molecule has 0 amide bonds. The molecule has 3 aliphatic carbocycles. The van der Waals surface area contributed by atoms with Crippen molar-refractivity contribution in [2.75, 3.05) is 9.80 Å². The van der Waals surface area contributed by atoms with Crippen molar-refractivity contribution in [2.45, 2.75) is 57.8 Å². The summed E-state index contributed by atoms with van der Waals surface area (Å²) in [5, 5.41) is 0. The fraction of sp³-hybridized carbons (Fsp3) is 0.130. The first-order valence-corrected chi connectivity index (χ1v) is 25.9. The van der Waals surface area contributed by atoms with Crippen LogP contribution in [0.25, 0.3) is 57.7 Å². The van der Waals surface area contributed by atoms with E-state index >= 15 is 0 Å². The van der Waals surface area contributed by atoms with E-state index in [1.807, 2.05) is 85.7 Å². The van der Waals surface area contributed by atoms with Crippen molar-refractivity contribution in [1.29, 1.82) is 0 Å². The Morgan fingerprint density at radius 1 is 0.307 bits per heavy atom. The Hall–Kier alpha value is -9.00. The lowest BCUT2D eigenvalue weighted by atomic mass is 9.81. The summed E-state index contributed by atoms with van der Waals surface area (Å²) < 4.78 is 0. The number of nitrogens with zero attached hydrogens (tertiary/aromatic N) is 6. The predicted molar refractivity (Wildman–Crippen MR) is 310 cm³/mol. The van der Waals surface area contributed by atoms with Gasteiger partial charge < -0.3 is 0 Å². The van der Waals surface area contributed by atoms with E-state index in [1.54, 1.807) is 0 Å². The van der Waals surface area contributed by atoms with Crippen LogP contribution in [0.1, 0.15) is 97.2 Å². The van der Waals surface area contributed by atoms with Crippen LogP contribution in [-0.2, 0) is 16.2 Å². The number of hydrogen-bond donors (Lipinski definition) is 0. The second-order valence-corrected chi connectivity index (χ2v) is 21.7. The molecule has 0 N–H and O–H groups in total. The highest BCUT2D eigenvalue weighted by atomic mass is 15.2. The minimum absolute atomic E-state index is 0.158. The quantitative estimate of drug-likeness (QED) is 0.127. The van der Waals surface area contributed by atoms with Crippen LogP contribution < -0.4 is 9.80 Å². The Morgan fingerprint density at radius 2 is 0.627 bits per heavy atom. The van der Waals surface area contributed by atoms with E-state index in [4.69, 9.17) is 9.97 Å². The molecule has 0 atom stereocenters. The Kier molecular flexibility index (Phi) is 10.8. The predicted octanol–water partition coefficient (Wildman–Crippen LogP) is 17.5. The molecule has 0 saturated heterocycles. The number of fused-ring (bicyclic) bond motifs is 9. The van der Waals surface area contributed by atoms with Crippen molar-refractivity contribution in [2.24, 2.45) is 0 Å². The van der Waals surface area contributed by atoms with Crippen molar-refractivity contribution in [1.82, 2.24) is 19.9 Å². The Balaban J connectivity index is 0.731. The van der Waals surface area contributed by atoms with E-state index in [1.165, 1.54) is 89.0 Å². The zero-order chi connectivity index (χ0) is 51.1. The van der Waals surface area contributed by atoms with Gasteiger partial charge in [0, 0.05) is 52.4 Å². The first-order chi connectivity index (χ1) is 36.4. The van der Waals surface area contributed by atoms with Gasteiger partial charge in [-0.25, -0.2) is 9.97 Å². The number of pyridine rings is 4. The lowest BCUT2D eigenvalue weighted by Gasteiger charge is -2.27. The van der Waals surface area contributed by atoms with E-state index < -0.39 is 0 Å². The zero-order valence-electron chi connectivity index (χ0n) is 43.1. The van der Waals surface area contributed by atoms with Crippen LogP contribution in [0.5, 0.6) is 0 Å². The van der Waals surface area contributed by atoms with Gasteiger partial charge in [-0.1, -0.05) is 163 Å². The van der Waals surface area contributed by atoms with Crippen molar-refractivity contribution in [3.05, 3.63) is 263 Å². The number of rotatable bonds is 10. The molecule has 75 heavy (non-hydrogen) atoms. The summed E-state index contributed by atoms with van der Waals surface area (Å²) in [6, 6.07) is 61.6. The summed E-state index contributed by atoms with van der Waals surface area (Å²) in [5.74, 6) is 1.71. The van der Waals surface area contributed by atoms with Gasteiger partial charge in [-0.15, -0.1) is 0 Å².